The molecule has 202 valence electrons. The Balaban J connectivity index is 1.22. The lowest BCUT2D eigenvalue weighted by Gasteiger charge is -2.55. The van der Waals surface area contributed by atoms with E-state index in [0.29, 0.717) is 23.7 Å². The molecule has 1 heterocycles. The molecule has 0 amide bonds. The minimum Gasteiger partial charge on any atom is -0.393 e. The van der Waals surface area contributed by atoms with Gasteiger partial charge in [0.2, 0.25) is 0 Å². The minimum absolute atomic E-state index is 0.0121. The Morgan fingerprint density at radius 2 is 1.68 bits per heavy atom. The maximum Gasteiger partial charge on any atom is 0.169 e. The summed E-state index contributed by atoms with van der Waals surface area (Å²) in [6.45, 7) is 8.45. The van der Waals surface area contributed by atoms with E-state index in [1.54, 1.807) is 11.1 Å². The van der Waals surface area contributed by atoms with E-state index in [-0.39, 0.29) is 22.7 Å². The highest BCUT2D eigenvalue weighted by atomic mass is 16.7. The van der Waals surface area contributed by atoms with Gasteiger partial charge in [-0.1, -0.05) is 61.5 Å². The third kappa shape index (κ3) is 4.32. The molecule has 1 aromatic carbocycles. The lowest BCUT2D eigenvalue weighted by atomic mass is 9.52. The van der Waals surface area contributed by atoms with E-state index >= 15 is 0 Å². The van der Waals surface area contributed by atoms with Crippen LogP contribution in [-0.2, 0) is 9.47 Å². The third-order valence-corrected chi connectivity index (χ3v) is 11.1. The van der Waals surface area contributed by atoms with Crippen LogP contribution in [0.2, 0.25) is 0 Å². The van der Waals surface area contributed by atoms with Crippen LogP contribution < -0.4 is 0 Å². The van der Waals surface area contributed by atoms with Gasteiger partial charge in [0.25, 0.3) is 0 Å². The van der Waals surface area contributed by atoms with Crippen molar-refractivity contribution in [2.45, 2.75) is 103 Å². The molecule has 38 heavy (non-hydrogen) atoms. The fourth-order valence-electron chi connectivity index (χ4n) is 8.74. The highest BCUT2D eigenvalue weighted by Crippen LogP contribution is 2.65. The van der Waals surface area contributed by atoms with Crippen molar-refractivity contribution < 1.29 is 14.6 Å². The number of allylic oxidation sites excluding steroid dienone is 4. The van der Waals surface area contributed by atoms with Crippen molar-refractivity contribution in [1.29, 1.82) is 0 Å². The van der Waals surface area contributed by atoms with Crippen molar-refractivity contribution in [2.75, 3.05) is 13.2 Å². The molecule has 6 aliphatic rings. The molecule has 6 atom stereocenters. The van der Waals surface area contributed by atoms with Crippen LogP contribution in [0.25, 0.3) is 0 Å². The van der Waals surface area contributed by atoms with Crippen LogP contribution in [0.4, 0.5) is 0 Å². The predicted octanol–water partition coefficient (Wildman–Crippen LogP) is 7.30. The first-order chi connectivity index (χ1) is 18.3. The summed E-state index contributed by atoms with van der Waals surface area (Å²) in [5.74, 6) is 8.36. The lowest BCUT2D eigenvalue weighted by molar-refractivity contribution is -0.312. The van der Waals surface area contributed by atoms with Gasteiger partial charge in [0.05, 0.1) is 19.3 Å². The number of fused-ring (bicyclic) bond motifs is 4. The molecule has 1 aliphatic heterocycles. The van der Waals surface area contributed by atoms with Gasteiger partial charge in [-0.25, -0.2) is 0 Å². The van der Waals surface area contributed by atoms with Crippen LogP contribution in [-0.4, -0.2) is 30.2 Å². The highest BCUT2D eigenvalue weighted by Gasteiger charge is 2.57. The number of aliphatic hydroxyl groups is 1. The summed E-state index contributed by atoms with van der Waals surface area (Å²) in [7, 11) is 0. The van der Waals surface area contributed by atoms with Crippen molar-refractivity contribution >= 4 is 0 Å². The maximum absolute atomic E-state index is 11.2. The Morgan fingerprint density at radius 1 is 0.921 bits per heavy atom. The van der Waals surface area contributed by atoms with Gasteiger partial charge in [0, 0.05) is 29.7 Å². The molecule has 1 aromatic rings. The second kappa shape index (κ2) is 9.09. The summed E-state index contributed by atoms with van der Waals surface area (Å²) in [5, 5.41) is 11.2. The summed E-state index contributed by atoms with van der Waals surface area (Å²) in [6, 6.07) is 9.10. The van der Waals surface area contributed by atoms with E-state index in [9.17, 15) is 5.11 Å². The molecule has 0 bridgehead atoms. The largest absolute Gasteiger partial charge is 0.393 e. The Bertz CT molecular complexity index is 1210. The fraction of sp³-hybridized carbons (Fsp3) is 0.657. The molecule has 3 heteroatoms. The molecule has 1 spiro atoms. The Labute approximate surface area is 229 Å². The number of ether oxygens (including phenoxy) is 2. The van der Waals surface area contributed by atoms with E-state index in [1.807, 2.05) is 0 Å². The van der Waals surface area contributed by atoms with Gasteiger partial charge in [-0.05, 0) is 98.3 Å². The molecule has 3 nitrogen and oxygen atoms in total. The van der Waals surface area contributed by atoms with Crippen LogP contribution in [0.3, 0.4) is 0 Å². The monoisotopic (exact) mass is 512 g/mol. The van der Waals surface area contributed by atoms with Gasteiger partial charge in [0.15, 0.2) is 5.79 Å². The fourth-order valence-corrected chi connectivity index (χ4v) is 8.74. The summed E-state index contributed by atoms with van der Waals surface area (Å²) in [5.41, 5.74) is 7.56. The van der Waals surface area contributed by atoms with Crippen LogP contribution >= 0.6 is 0 Å². The van der Waals surface area contributed by atoms with E-state index in [1.165, 1.54) is 43.2 Å². The second-order valence-corrected chi connectivity index (χ2v) is 14.4. The summed E-state index contributed by atoms with van der Waals surface area (Å²) < 4.78 is 13.0. The van der Waals surface area contributed by atoms with E-state index in [4.69, 9.17) is 9.47 Å². The van der Waals surface area contributed by atoms with Crippen molar-refractivity contribution in [1.82, 2.24) is 0 Å². The molecule has 5 fully saturated rings. The lowest BCUT2D eigenvalue weighted by Crippen LogP contribution is -2.52. The number of hydrogen-bond acceptors (Lipinski definition) is 3. The quantitative estimate of drug-likeness (QED) is 0.317. The zero-order valence-electron chi connectivity index (χ0n) is 23.5. The number of aliphatic hydroxyl groups excluding tert-OH is 1. The summed E-state index contributed by atoms with van der Waals surface area (Å²) in [4.78, 5) is 0. The first-order valence-electron chi connectivity index (χ1n) is 15.2. The molecular weight excluding hydrogens is 468 g/mol. The Hall–Kier alpha value is -1.86. The highest BCUT2D eigenvalue weighted by molar-refractivity contribution is 5.45. The Kier molecular flexibility index (Phi) is 6.01. The normalized spacial score (nSPS) is 38.5. The standard InChI is InChI=1S/C35H44O3/c1-33(2)21-37-35(38-22-33)18-17-27-26(19-35)13-14-28-30-15-16-31(36)34(30,3)20-29(32(27)28)25-11-9-24(10-12-25)6-4-5-23-7-8-23/h5,9-12,26,28-31,36H,7-8,13-22H2,1-3H3. The molecule has 1 N–H and O–H groups in total. The molecule has 6 unspecified atom stereocenters. The molecule has 7 rings (SSSR count). The van der Waals surface area contributed by atoms with Gasteiger partial charge in [-0.3, -0.25) is 0 Å². The molecule has 0 aromatic heterocycles. The predicted molar refractivity (Wildman–Crippen MR) is 150 cm³/mol. The van der Waals surface area contributed by atoms with Gasteiger partial charge in [-0.2, -0.15) is 0 Å². The van der Waals surface area contributed by atoms with Crippen LogP contribution in [0.1, 0.15) is 102 Å². The average molecular weight is 513 g/mol. The van der Waals surface area contributed by atoms with Crippen molar-refractivity contribution in [3.63, 3.8) is 0 Å². The molecular formula is C35H44O3. The second-order valence-electron chi connectivity index (χ2n) is 14.4. The van der Waals surface area contributed by atoms with Gasteiger partial charge in [-0.15, -0.1) is 0 Å². The number of benzene rings is 1. The van der Waals surface area contributed by atoms with Gasteiger partial charge in [0.1, 0.15) is 0 Å². The van der Waals surface area contributed by atoms with Crippen molar-refractivity contribution in [3.8, 4) is 11.8 Å². The number of rotatable bonds is 1. The number of hydrogen-bond donors (Lipinski definition) is 1. The van der Waals surface area contributed by atoms with Crippen molar-refractivity contribution in [2.24, 2.45) is 28.6 Å². The minimum atomic E-state index is -0.380. The van der Waals surface area contributed by atoms with Gasteiger partial charge >= 0.3 is 0 Å². The summed E-state index contributed by atoms with van der Waals surface area (Å²) >= 11 is 0. The van der Waals surface area contributed by atoms with E-state index in [2.05, 4.69) is 63.0 Å². The summed E-state index contributed by atoms with van der Waals surface area (Å²) in [6.07, 6.45) is 13.1. The van der Waals surface area contributed by atoms with Gasteiger partial charge < -0.3 is 14.6 Å². The molecule has 1 saturated heterocycles. The first-order valence-corrected chi connectivity index (χ1v) is 15.2. The SMILES string of the molecule is CC1(C)COC2(CCC3=C4C(c5ccc(C#CC=C6CC6)cc5)CC5(C)C(O)CCC5C4CCC3C2)OC1. The van der Waals surface area contributed by atoms with E-state index < -0.39 is 0 Å². The average Bonchev–Trinajstić information content (AvgIpc) is 3.69. The first kappa shape index (κ1) is 25.1. The van der Waals surface area contributed by atoms with E-state index in [0.717, 1.165) is 50.9 Å². The molecule has 0 radical (unpaired) electrons. The van der Waals surface area contributed by atoms with Crippen LogP contribution in [0.5, 0.6) is 0 Å². The van der Waals surface area contributed by atoms with Crippen LogP contribution in [0.15, 0.2) is 47.1 Å². The maximum atomic E-state index is 11.2. The topological polar surface area (TPSA) is 38.7 Å². The smallest absolute Gasteiger partial charge is 0.169 e. The zero-order valence-corrected chi connectivity index (χ0v) is 23.5. The van der Waals surface area contributed by atoms with Crippen LogP contribution in [0, 0.1) is 40.4 Å². The third-order valence-electron chi connectivity index (χ3n) is 11.1. The van der Waals surface area contributed by atoms with Crippen molar-refractivity contribution in [3.05, 3.63) is 58.2 Å². The molecule has 4 saturated carbocycles. The molecule has 5 aliphatic carbocycles. The Morgan fingerprint density at radius 3 is 2.42 bits per heavy atom. The zero-order chi connectivity index (χ0) is 26.1.